The molecular formula is C14H24O12. The van der Waals surface area contributed by atoms with Crippen LogP contribution in [-0.4, -0.2) is 116 Å². The molecule has 26 heavy (non-hydrogen) atoms. The van der Waals surface area contributed by atoms with E-state index in [0.717, 1.165) is 6.92 Å². The molecule has 2 fully saturated rings. The summed E-state index contributed by atoms with van der Waals surface area (Å²) >= 11 is 0. The molecule has 0 spiro atoms. The topological polar surface area (TPSA) is 196 Å². The number of aliphatic hydroxyl groups excluding tert-OH is 7. The average molecular weight is 384 g/mol. The highest BCUT2D eigenvalue weighted by Gasteiger charge is 2.49. The van der Waals surface area contributed by atoms with Crippen LogP contribution >= 0.6 is 0 Å². The molecule has 2 aliphatic heterocycles. The Morgan fingerprint density at radius 3 is 1.73 bits per heavy atom. The van der Waals surface area contributed by atoms with E-state index in [9.17, 15) is 35.4 Å². The van der Waals surface area contributed by atoms with Crippen LogP contribution in [0.15, 0.2) is 0 Å². The molecule has 10 atom stereocenters. The molecule has 12 nitrogen and oxygen atoms in total. The van der Waals surface area contributed by atoms with E-state index in [0.29, 0.717) is 0 Å². The van der Waals surface area contributed by atoms with Crippen molar-refractivity contribution in [2.45, 2.75) is 68.3 Å². The van der Waals surface area contributed by atoms with Gasteiger partial charge in [-0.15, -0.1) is 0 Å². The molecule has 152 valence electrons. The van der Waals surface area contributed by atoms with Crippen LogP contribution in [0.25, 0.3) is 0 Å². The Bertz CT molecular complexity index is 473. The van der Waals surface area contributed by atoms with Gasteiger partial charge >= 0.3 is 5.97 Å². The van der Waals surface area contributed by atoms with E-state index in [1.54, 1.807) is 0 Å². The zero-order valence-corrected chi connectivity index (χ0v) is 13.9. The Morgan fingerprint density at radius 1 is 0.808 bits per heavy atom. The van der Waals surface area contributed by atoms with E-state index in [1.807, 2.05) is 0 Å². The maximum Gasteiger partial charge on any atom is 0.302 e. The number of hydrogen-bond donors (Lipinski definition) is 7. The third-order valence-electron chi connectivity index (χ3n) is 4.24. The molecule has 0 aromatic carbocycles. The Hall–Kier alpha value is -0.930. The maximum absolute atomic E-state index is 10.9. The summed E-state index contributed by atoms with van der Waals surface area (Å²) in [5, 5.41) is 68.3. The fourth-order valence-electron chi connectivity index (χ4n) is 2.68. The second-order valence-corrected chi connectivity index (χ2v) is 6.15. The summed E-state index contributed by atoms with van der Waals surface area (Å²) in [6.07, 6.45) is -15.9. The molecule has 0 saturated carbocycles. The quantitative estimate of drug-likeness (QED) is 0.224. The van der Waals surface area contributed by atoms with Gasteiger partial charge in [0.05, 0.1) is 6.61 Å². The number of rotatable bonds is 5. The minimum Gasteiger partial charge on any atom is -0.463 e. The zero-order valence-electron chi connectivity index (χ0n) is 13.9. The van der Waals surface area contributed by atoms with Crippen molar-refractivity contribution in [2.75, 3.05) is 13.2 Å². The van der Waals surface area contributed by atoms with Crippen LogP contribution in [0.1, 0.15) is 6.92 Å². The van der Waals surface area contributed by atoms with Gasteiger partial charge in [-0.05, 0) is 0 Å². The number of aliphatic hydroxyl groups is 7. The van der Waals surface area contributed by atoms with E-state index in [-0.39, 0.29) is 0 Å². The predicted molar refractivity (Wildman–Crippen MR) is 78.2 cm³/mol. The Kier molecular flexibility index (Phi) is 7.27. The molecule has 5 unspecified atom stereocenters. The molecule has 12 heteroatoms. The molecule has 2 aliphatic rings. The first-order chi connectivity index (χ1) is 12.2. The number of carbonyl (C=O) groups is 1. The SMILES string of the molecule is CC(=O)OCC1O[C@H](O[C@H]2OC(CO)[C@@H](O)C(O)C2O)[C@H](O)C(O)[C@@H]1O. The van der Waals surface area contributed by atoms with E-state index < -0.39 is 80.6 Å². The first-order valence-electron chi connectivity index (χ1n) is 7.96. The standard InChI is InChI=1S/C14H24O12/c1-4(16)23-3-6-8(18)10(20)12(22)14(25-6)26-13-11(21)9(19)7(17)5(2-15)24-13/h5-15,17-22H,2-3H2,1H3/t5?,6?,7-,8-,9?,10?,11?,12-,13-,14-/m1/s1. The largest absolute Gasteiger partial charge is 0.463 e. The summed E-state index contributed by atoms with van der Waals surface area (Å²) < 4.78 is 20.3. The summed E-state index contributed by atoms with van der Waals surface area (Å²) in [7, 11) is 0. The van der Waals surface area contributed by atoms with Crippen LogP contribution in [0.4, 0.5) is 0 Å². The molecule has 0 radical (unpaired) electrons. The van der Waals surface area contributed by atoms with Gasteiger partial charge in [0.1, 0.15) is 55.4 Å². The highest BCUT2D eigenvalue weighted by molar-refractivity contribution is 5.65. The van der Waals surface area contributed by atoms with Crippen LogP contribution in [0.5, 0.6) is 0 Å². The van der Waals surface area contributed by atoms with Gasteiger partial charge in [0, 0.05) is 6.92 Å². The van der Waals surface area contributed by atoms with Crippen molar-refractivity contribution in [3.05, 3.63) is 0 Å². The monoisotopic (exact) mass is 384 g/mol. The number of hydrogen-bond acceptors (Lipinski definition) is 12. The van der Waals surface area contributed by atoms with Crippen molar-refractivity contribution in [2.24, 2.45) is 0 Å². The van der Waals surface area contributed by atoms with Crippen molar-refractivity contribution in [1.82, 2.24) is 0 Å². The van der Waals surface area contributed by atoms with Crippen LogP contribution in [0.3, 0.4) is 0 Å². The first-order valence-corrected chi connectivity index (χ1v) is 7.96. The third kappa shape index (κ3) is 4.48. The molecule has 0 amide bonds. The Labute approximate surface area is 148 Å². The lowest BCUT2D eigenvalue weighted by atomic mass is 9.98. The summed E-state index contributed by atoms with van der Waals surface area (Å²) in [5.74, 6) is -0.659. The molecule has 0 bridgehead atoms. The normalized spacial score (nSPS) is 46.8. The van der Waals surface area contributed by atoms with Crippen molar-refractivity contribution in [1.29, 1.82) is 0 Å². The molecule has 2 heterocycles. The predicted octanol–water partition coefficient (Wildman–Crippen LogP) is -4.83. The second kappa shape index (κ2) is 8.84. The van der Waals surface area contributed by atoms with Gasteiger partial charge in [-0.3, -0.25) is 4.79 Å². The van der Waals surface area contributed by atoms with Crippen LogP contribution in [-0.2, 0) is 23.7 Å². The van der Waals surface area contributed by atoms with Gasteiger partial charge in [-0.2, -0.15) is 0 Å². The lowest BCUT2D eigenvalue weighted by Gasteiger charge is -2.44. The van der Waals surface area contributed by atoms with Crippen LogP contribution < -0.4 is 0 Å². The minimum atomic E-state index is -1.76. The van der Waals surface area contributed by atoms with Crippen molar-refractivity contribution in [3.63, 3.8) is 0 Å². The lowest BCUT2D eigenvalue weighted by Crippen LogP contribution is -2.63. The Morgan fingerprint density at radius 2 is 1.27 bits per heavy atom. The number of carbonyl (C=O) groups excluding carboxylic acids is 1. The molecule has 2 saturated heterocycles. The van der Waals surface area contributed by atoms with E-state index in [4.69, 9.17) is 24.1 Å². The fourth-order valence-corrected chi connectivity index (χ4v) is 2.68. The molecule has 7 N–H and O–H groups in total. The number of ether oxygens (including phenoxy) is 4. The smallest absolute Gasteiger partial charge is 0.302 e. The molecule has 0 aromatic heterocycles. The molecule has 2 rings (SSSR count). The van der Waals surface area contributed by atoms with Gasteiger partial charge < -0.3 is 54.7 Å². The van der Waals surface area contributed by atoms with Crippen molar-refractivity contribution >= 4 is 5.97 Å². The van der Waals surface area contributed by atoms with Crippen molar-refractivity contribution < 1.29 is 59.5 Å². The van der Waals surface area contributed by atoms with Gasteiger partial charge in [0.15, 0.2) is 12.6 Å². The minimum absolute atomic E-state index is 0.436. The average Bonchev–Trinajstić information content (AvgIpc) is 2.61. The fraction of sp³-hybridized carbons (Fsp3) is 0.929. The summed E-state index contributed by atoms with van der Waals surface area (Å²) in [5.41, 5.74) is 0. The molecule has 0 aromatic rings. The van der Waals surface area contributed by atoms with E-state index in [2.05, 4.69) is 0 Å². The van der Waals surface area contributed by atoms with Gasteiger partial charge in [0.2, 0.25) is 0 Å². The Balaban J connectivity index is 2.07. The zero-order chi connectivity index (χ0) is 19.6. The molecular weight excluding hydrogens is 360 g/mol. The lowest BCUT2D eigenvalue weighted by molar-refractivity contribution is -0.376. The highest BCUT2D eigenvalue weighted by atomic mass is 16.8. The van der Waals surface area contributed by atoms with Gasteiger partial charge in [-0.1, -0.05) is 0 Å². The van der Waals surface area contributed by atoms with Gasteiger partial charge in [-0.25, -0.2) is 0 Å². The molecule has 0 aliphatic carbocycles. The number of esters is 1. The summed E-state index contributed by atoms with van der Waals surface area (Å²) in [6, 6.07) is 0. The highest BCUT2D eigenvalue weighted by Crippen LogP contribution is 2.28. The third-order valence-corrected chi connectivity index (χ3v) is 4.24. The first kappa shape index (κ1) is 21.4. The second-order valence-electron chi connectivity index (χ2n) is 6.15. The van der Waals surface area contributed by atoms with Crippen molar-refractivity contribution in [3.8, 4) is 0 Å². The van der Waals surface area contributed by atoms with Gasteiger partial charge in [0.25, 0.3) is 0 Å². The van der Waals surface area contributed by atoms with Crippen LogP contribution in [0, 0.1) is 0 Å². The summed E-state index contributed by atoms with van der Waals surface area (Å²) in [4.78, 5) is 10.9. The van der Waals surface area contributed by atoms with E-state index in [1.165, 1.54) is 0 Å². The maximum atomic E-state index is 10.9. The van der Waals surface area contributed by atoms with Crippen LogP contribution in [0.2, 0.25) is 0 Å². The van der Waals surface area contributed by atoms with E-state index >= 15 is 0 Å². The summed E-state index contributed by atoms with van der Waals surface area (Å²) in [6.45, 7) is 0.00649.